The molecule has 0 aliphatic carbocycles. The number of sulfonamides is 1. The summed E-state index contributed by atoms with van der Waals surface area (Å²) >= 11 is 3.22. The summed E-state index contributed by atoms with van der Waals surface area (Å²) < 4.78 is 66.6. The Morgan fingerprint density at radius 3 is 2.14 bits per heavy atom. The molecule has 21 heavy (non-hydrogen) atoms. The first kappa shape index (κ1) is 15.8. The molecule has 0 unspecified atom stereocenters. The summed E-state index contributed by atoms with van der Waals surface area (Å²) in [7, 11) is -4.51. The first-order chi connectivity index (χ1) is 9.70. The highest BCUT2D eigenvalue weighted by Crippen LogP contribution is 2.25. The van der Waals surface area contributed by atoms with Gasteiger partial charge in [0.05, 0.1) is 0 Å². The third-order valence-electron chi connectivity index (χ3n) is 2.66. The standard InChI is InChI=1S/C13H9BrF3NO2S/c1-7-2-3-9(6-10(7)14)18-21(19,20)13-11(16)4-8(15)5-12(13)17/h2-6,18H,1H3. The minimum Gasteiger partial charge on any atom is -0.279 e. The molecule has 0 saturated carbocycles. The highest BCUT2D eigenvalue weighted by Gasteiger charge is 2.25. The van der Waals surface area contributed by atoms with Crippen LogP contribution >= 0.6 is 15.9 Å². The summed E-state index contributed by atoms with van der Waals surface area (Å²) in [5, 5.41) is 0. The van der Waals surface area contributed by atoms with Crippen molar-refractivity contribution >= 4 is 31.6 Å². The number of aryl methyl sites for hydroxylation is 1. The molecule has 2 aromatic rings. The van der Waals surface area contributed by atoms with Gasteiger partial charge in [-0.05, 0) is 24.6 Å². The van der Waals surface area contributed by atoms with Crippen molar-refractivity contribution in [3.63, 3.8) is 0 Å². The van der Waals surface area contributed by atoms with Gasteiger partial charge in [-0.2, -0.15) is 0 Å². The fourth-order valence-corrected chi connectivity index (χ4v) is 3.20. The van der Waals surface area contributed by atoms with Crippen LogP contribution in [-0.2, 0) is 10.0 Å². The molecule has 0 aliphatic rings. The number of nitrogens with one attached hydrogen (secondary N) is 1. The number of hydrogen-bond acceptors (Lipinski definition) is 2. The maximum absolute atomic E-state index is 13.5. The smallest absolute Gasteiger partial charge is 0.267 e. The van der Waals surface area contributed by atoms with E-state index in [-0.39, 0.29) is 5.69 Å². The maximum atomic E-state index is 13.5. The third-order valence-corrected chi connectivity index (χ3v) is 4.94. The highest BCUT2D eigenvalue weighted by atomic mass is 79.9. The summed E-state index contributed by atoms with van der Waals surface area (Å²) in [6.45, 7) is 1.79. The van der Waals surface area contributed by atoms with E-state index >= 15 is 0 Å². The predicted octanol–water partition coefficient (Wildman–Crippen LogP) is 3.98. The molecule has 2 rings (SSSR count). The molecule has 0 fully saturated rings. The van der Waals surface area contributed by atoms with Crippen LogP contribution in [0.15, 0.2) is 39.7 Å². The van der Waals surface area contributed by atoms with Crippen LogP contribution in [0.2, 0.25) is 0 Å². The lowest BCUT2D eigenvalue weighted by atomic mass is 10.2. The van der Waals surface area contributed by atoms with Crippen LogP contribution in [0.4, 0.5) is 18.9 Å². The lowest BCUT2D eigenvalue weighted by molar-refractivity contribution is 0.498. The van der Waals surface area contributed by atoms with Crippen molar-refractivity contribution < 1.29 is 21.6 Å². The predicted molar refractivity (Wildman–Crippen MR) is 76.0 cm³/mol. The SMILES string of the molecule is Cc1ccc(NS(=O)(=O)c2c(F)cc(F)cc2F)cc1Br. The topological polar surface area (TPSA) is 46.2 Å². The van der Waals surface area contributed by atoms with Gasteiger partial charge in [0.2, 0.25) is 0 Å². The van der Waals surface area contributed by atoms with E-state index in [2.05, 4.69) is 15.9 Å². The summed E-state index contributed by atoms with van der Waals surface area (Å²) in [6.07, 6.45) is 0. The molecular formula is C13H9BrF3NO2S. The van der Waals surface area contributed by atoms with E-state index < -0.39 is 32.4 Å². The highest BCUT2D eigenvalue weighted by molar-refractivity contribution is 9.10. The lowest BCUT2D eigenvalue weighted by Gasteiger charge is -2.11. The number of halogens is 4. The fourth-order valence-electron chi connectivity index (χ4n) is 1.65. The van der Waals surface area contributed by atoms with Crippen LogP contribution < -0.4 is 4.72 Å². The average molecular weight is 380 g/mol. The molecule has 0 bridgehead atoms. The zero-order valence-corrected chi connectivity index (χ0v) is 13.0. The van der Waals surface area contributed by atoms with Gasteiger partial charge in [-0.1, -0.05) is 22.0 Å². The largest absolute Gasteiger partial charge is 0.279 e. The van der Waals surface area contributed by atoms with E-state index in [1.54, 1.807) is 13.0 Å². The first-order valence-corrected chi connectivity index (χ1v) is 7.92. The number of rotatable bonds is 3. The Hall–Kier alpha value is -1.54. The van der Waals surface area contributed by atoms with Gasteiger partial charge >= 0.3 is 0 Å². The van der Waals surface area contributed by atoms with E-state index in [1.165, 1.54) is 12.1 Å². The minimum atomic E-state index is -4.51. The Labute approximate surface area is 128 Å². The second-order valence-corrected chi connectivity index (χ2v) is 6.74. The van der Waals surface area contributed by atoms with Crippen molar-refractivity contribution in [1.82, 2.24) is 0 Å². The van der Waals surface area contributed by atoms with Crippen LogP contribution in [-0.4, -0.2) is 8.42 Å². The molecule has 0 saturated heterocycles. The van der Waals surface area contributed by atoms with Gasteiger partial charge in [0.1, 0.15) is 17.5 Å². The van der Waals surface area contributed by atoms with E-state index in [0.29, 0.717) is 16.6 Å². The Kier molecular flexibility index (Phi) is 4.29. The summed E-state index contributed by atoms with van der Waals surface area (Å²) in [5.41, 5.74) is 0.979. The monoisotopic (exact) mass is 379 g/mol. The molecule has 0 aliphatic heterocycles. The molecule has 0 spiro atoms. The molecule has 1 N–H and O–H groups in total. The van der Waals surface area contributed by atoms with Crippen LogP contribution in [0.25, 0.3) is 0 Å². The Balaban J connectivity index is 2.46. The second-order valence-electron chi connectivity index (χ2n) is 4.27. The van der Waals surface area contributed by atoms with E-state index in [1.807, 2.05) is 4.72 Å². The van der Waals surface area contributed by atoms with Gasteiger partial charge in [0, 0.05) is 22.3 Å². The van der Waals surface area contributed by atoms with Crippen LogP contribution in [0, 0.1) is 24.4 Å². The molecule has 8 heteroatoms. The van der Waals surface area contributed by atoms with Crippen LogP contribution in [0.1, 0.15) is 5.56 Å². The Morgan fingerprint density at radius 1 is 1.05 bits per heavy atom. The minimum absolute atomic E-state index is 0.121. The lowest BCUT2D eigenvalue weighted by Crippen LogP contribution is -2.16. The molecule has 0 heterocycles. The van der Waals surface area contributed by atoms with Crippen molar-refractivity contribution in [3.8, 4) is 0 Å². The normalized spacial score (nSPS) is 11.5. The number of anilines is 1. The van der Waals surface area contributed by atoms with Crippen LogP contribution in [0.5, 0.6) is 0 Å². The Bertz CT molecular complexity index is 786. The fraction of sp³-hybridized carbons (Fsp3) is 0.0769. The van der Waals surface area contributed by atoms with Gasteiger partial charge in [-0.25, -0.2) is 21.6 Å². The van der Waals surface area contributed by atoms with E-state index in [4.69, 9.17) is 0 Å². The van der Waals surface area contributed by atoms with Gasteiger partial charge < -0.3 is 0 Å². The maximum Gasteiger partial charge on any atom is 0.267 e. The van der Waals surface area contributed by atoms with Gasteiger partial charge in [-0.15, -0.1) is 0 Å². The molecule has 3 nitrogen and oxygen atoms in total. The summed E-state index contributed by atoms with van der Waals surface area (Å²) in [6, 6.07) is 5.13. The molecule has 0 aromatic heterocycles. The van der Waals surface area contributed by atoms with Gasteiger partial charge in [-0.3, -0.25) is 4.72 Å². The molecule has 0 radical (unpaired) electrons. The number of hydrogen-bond donors (Lipinski definition) is 1. The molecular weight excluding hydrogens is 371 g/mol. The summed E-state index contributed by atoms with van der Waals surface area (Å²) in [5.74, 6) is -4.18. The van der Waals surface area contributed by atoms with E-state index in [9.17, 15) is 21.6 Å². The van der Waals surface area contributed by atoms with Crippen molar-refractivity contribution in [3.05, 3.63) is 57.8 Å². The molecule has 2 aromatic carbocycles. The summed E-state index contributed by atoms with van der Waals surface area (Å²) in [4.78, 5) is -1.22. The molecule has 0 atom stereocenters. The van der Waals surface area contributed by atoms with Gasteiger partial charge in [0.15, 0.2) is 4.90 Å². The zero-order valence-electron chi connectivity index (χ0n) is 10.6. The van der Waals surface area contributed by atoms with Crippen molar-refractivity contribution in [2.75, 3.05) is 4.72 Å². The quantitative estimate of drug-likeness (QED) is 0.876. The average Bonchev–Trinajstić information content (AvgIpc) is 2.31. The first-order valence-electron chi connectivity index (χ1n) is 5.64. The number of benzene rings is 2. The second kappa shape index (κ2) is 5.69. The van der Waals surface area contributed by atoms with E-state index in [0.717, 1.165) is 5.56 Å². The van der Waals surface area contributed by atoms with Crippen molar-refractivity contribution in [1.29, 1.82) is 0 Å². The third kappa shape index (κ3) is 3.38. The van der Waals surface area contributed by atoms with Gasteiger partial charge in [0.25, 0.3) is 10.0 Å². The Morgan fingerprint density at radius 2 is 1.62 bits per heavy atom. The molecule has 112 valence electrons. The zero-order chi connectivity index (χ0) is 15.8. The van der Waals surface area contributed by atoms with Crippen LogP contribution in [0.3, 0.4) is 0 Å². The van der Waals surface area contributed by atoms with Crippen molar-refractivity contribution in [2.24, 2.45) is 0 Å². The van der Waals surface area contributed by atoms with Crippen molar-refractivity contribution in [2.45, 2.75) is 11.8 Å². The molecule has 0 amide bonds.